The van der Waals surface area contributed by atoms with Crippen molar-refractivity contribution in [2.24, 2.45) is 0 Å². The van der Waals surface area contributed by atoms with Gasteiger partial charge in [0.15, 0.2) is 5.82 Å². The number of aryl methyl sites for hydroxylation is 1. The Labute approximate surface area is 142 Å². The van der Waals surface area contributed by atoms with Crippen molar-refractivity contribution in [3.63, 3.8) is 0 Å². The Balaban J connectivity index is 1.46. The normalized spacial score (nSPS) is 16.8. The van der Waals surface area contributed by atoms with Crippen molar-refractivity contribution >= 4 is 11.6 Å². The molecule has 0 amide bonds. The first-order valence-electron chi connectivity index (χ1n) is 8.23. The molecular formula is C17H23ClN4O. The van der Waals surface area contributed by atoms with Crippen molar-refractivity contribution in [3.8, 4) is 0 Å². The summed E-state index contributed by atoms with van der Waals surface area (Å²) in [5.74, 6) is 1.55. The van der Waals surface area contributed by atoms with Crippen LogP contribution in [0.5, 0.6) is 0 Å². The van der Waals surface area contributed by atoms with E-state index in [-0.39, 0.29) is 0 Å². The van der Waals surface area contributed by atoms with Gasteiger partial charge in [0.25, 0.3) is 0 Å². The molecule has 0 unspecified atom stereocenters. The molecule has 2 heterocycles. The molecule has 0 bridgehead atoms. The molecule has 1 saturated heterocycles. The second kappa shape index (κ2) is 7.90. The Kier molecular flexibility index (Phi) is 5.65. The first-order chi connectivity index (χ1) is 11.2. The van der Waals surface area contributed by atoms with Crippen LogP contribution in [-0.2, 0) is 19.5 Å². The van der Waals surface area contributed by atoms with Gasteiger partial charge in [-0.25, -0.2) is 0 Å². The predicted molar refractivity (Wildman–Crippen MR) is 90.3 cm³/mol. The first-order valence-corrected chi connectivity index (χ1v) is 8.61. The maximum absolute atomic E-state index is 6.05. The summed E-state index contributed by atoms with van der Waals surface area (Å²) in [5, 5.41) is 4.82. The number of aromatic nitrogens is 2. The predicted octanol–water partition coefficient (Wildman–Crippen LogP) is 2.99. The molecule has 0 N–H and O–H groups in total. The van der Waals surface area contributed by atoms with E-state index in [1.807, 2.05) is 18.2 Å². The van der Waals surface area contributed by atoms with Gasteiger partial charge in [0.1, 0.15) is 0 Å². The number of hydrogen-bond donors (Lipinski definition) is 0. The molecule has 1 aromatic carbocycles. The number of nitrogens with zero attached hydrogens (tertiary/aromatic N) is 4. The molecule has 6 heteroatoms. The SMILES string of the molecule is CCCc1noc(CN2CCN(Cc3cccc(Cl)c3)CC2)n1. The fourth-order valence-corrected chi connectivity index (χ4v) is 3.08. The Morgan fingerprint density at radius 3 is 2.57 bits per heavy atom. The van der Waals surface area contributed by atoms with Gasteiger partial charge in [-0.3, -0.25) is 9.80 Å². The minimum atomic E-state index is 0.733. The van der Waals surface area contributed by atoms with Crippen LogP contribution in [0.15, 0.2) is 28.8 Å². The van der Waals surface area contributed by atoms with Gasteiger partial charge in [0.05, 0.1) is 6.54 Å². The molecule has 1 aliphatic heterocycles. The van der Waals surface area contributed by atoms with E-state index < -0.39 is 0 Å². The van der Waals surface area contributed by atoms with E-state index in [1.165, 1.54) is 5.56 Å². The zero-order chi connectivity index (χ0) is 16.1. The lowest BCUT2D eigenvalue weighted by Gasteiger charge is -2.33. The van der Waals surface area contributed by atoms with Crippen LogP contribution in [0.25, 0.3) is 0 Å². The monoisotopic (exact) mass is 334 g/mol. The van der Waals surface area contributed by atoms with E-state index >= 15 is 0 Å². The van der Waals surface area contributed by atoms with Crippen LogP contribution >= 0.6 is 11.6 Å². The van der Waals surface area contributed by atoms with E-state index in [9.17, 15) is 0 Å². The molecule has 0 spiro atoms. The summed E-state index contributed by atoms with van der Waals surface area (Å²) in [6.45, 7) is 7.95. The van der Waals surface area contributed by atoms with E-state index in [4.69, 9.17) is 16.1 Å². The van der Waals surface area contributed by atoms with Gasteiger partial charge in [0, 0.05) is 44.2 Å². The fraction of sp³-hybridized carbons (Fsp3) is 0.529. The topological polar surface area (TPSA) is 45.4 Å². The molecule has 124 valence electrons. The molecule has 0 aliphatic carbocycles. The third-order valence-electron chi connectivity index (χ3n) is 4.10. The van der Waals surface area contributed by atoms with Crippen LogP contribution < -0.4 is 0 Å². The molecule has 0 radical (unpaired) electrons. The smallest absolute Gasteiger partial charge is 0.240 e. The molecule has 1 aromatic heterocycles. The Morgan fingerprint density at radius 1 is 1.13 bits per heavy atom. The van der Waals surface area contributed by atoms with Gasteiger partial charge in [0.2, 0.25) is 5.89 Å². The molecule has 23 heavy (non-hydrogen) atoms. The lowest BCUT2D eigenvalue weighted by Crippen LogP contribution is -2.45. The van der Waals surface area contributed by atoms with Crippen LogP contribution in [0.2, 0.25) is 5.02 Å². The van der Waals surface area contributed by atoms with Gasteiger partial charge >= 0.3 is 0 Å². The lowest BCUT2D eigenvalue weighted by atomic mass is 10.2. The molecule has 1 aliphatic rings. The third-order valence-corrected chi connectivity index (χ3v) is 4.34. The summed E-state index contributed by atoms with van der Waals surface area (Å²) in [7, 11) is 0. The fourth-order valence-electron chi connectivity index (χ4n) is 2.87. The van der Waals surface area contributed by atoms with Crippen LogP contribution in [0.3, 0.4) is 0 Å². The highest BCUT2D eigenvalue weighted by molar-refractivity contribution is 6.30. The van der Waals surface area contributed by atoms with Crippen LogP contribution in [0, 0.1) is 0 Å². The van der Waals surface area contributed by atoms with Crippen molar-refractivity contribution in [2.75, 3.05) is 26.2 Å². The molecule has 3 rings (SSSR count). The van der Waals surface area contributed by atoms with Gasteiger partial charge in [-0.15, -0.1) is 0 Å². The van der Waals surface area contributed by atoms with E-state index in [0.717, 1.165) is 68.8 Å². The quantitative estimate of drug-likeness (QED) is 0.812. The van der Waals surface area contributed by atoms with E-state index in [1.54, 1.807) is 0 Å². The zero-order valence-electron chi connectivity index (χ0n) is 13.5. The summed E-state index contributed by atoms with van der Waals surface area (Å²) >= 11 is 6.05. The Hall–Kier alpha value is -1.43. The van der Waals surface area contributed by atoms with E-state index in [0.29, 0.717) is 0 Å². The second-order valence-electron chi connectivity index (χ2n) is 6.04. The lowest BCUT2D eigenvalue weighted by molar-refractivity contribution is 0.112. The van der Waals surface area contributed by atoms with Crippen molar-refractivity contribution in [3.05, 3.63) is 46.6 Å². The zero-order valence-corrected chi connectivity index (χ0v) is 14.3. The first kappa shape index (κ1) is 16.4. The summed E-state index contributed by atoms with van der Waals surface area (Å²) in [4.78, 5) is 9.27. The summed E-state index contributed by atoms with van der Waals surface area (Å²) < 4.78 is 5.32. The highest BCUT2D eigenvalue weighted by atomic mass is 35.5. The highest BCUT2D eigenvalue weighted by Gasteiger charge is 2.19. The van der Waals surface area contributed by atoms with Crippen LogP contribution in [0.1, 0.15) is 30.6 Å². The standard InChI is InChI=1S/C17H23ClN4O/c1-2-4-16-19-17(23-20-16)13-22-9-7-21(8-10-22)12-14-5-3-6-15(18)11-14/h3,5-6,11H,2,4,7-10,12-13H2,1H3. The second-order valence-corrected chi connectivity index (χ2v) is 6.47. The van der Waals surface area contributed by atoms with Gasteiger partial charge < -0.3 is 4.52 Å². The molecule has 0 saturated carbocycles. The molecule has 2 aromatic rings. The summed E-state index contributed by atoms with van der Waals surface area (Å²) in [6, 6.07) is 8.10. The molecule has 5 nitrogen and oxygen atoms in total. The minimum Gasteiger partial charge on any atom is -0.338 e. The Morgan fingerprint density at radius 2 is 1.87 bits per heavy atom. The average Bonchev–Trinajstić information content (AvgIpc) is 2.97. The Bertz CT molecular complexity index is 623. The third kappa shape index (κ3) is 4.77. The number of halogens is 1. The molecular weight excluding hydrogens is 312 g/mol. The maximum Gasteiger partial charge on any atom is 0.240 e. The van der Waals surface area contributed by atoms with Crippen LogP contribution in [0.4, 0.5) is 0 Å². The van der Waals surface area contributed by atoms with Crippen molar-refractivity contribution < 1.29 is 4.52 Å². The van der Waals surface area contributed by atoms with Gasteiger partial charge in [-0.2, -0.15) is 4.98 Å². The van der Waals surface area contributed by atoms with Gasteiger partial charge in [-0.05, 0) is 24.1 Å². The molecule has 0 atom stereocenters. The molecule has 1 fully saturated rings. The van der Waals surface area contributed by atoms with E-state index in [2.05, 4.69) is 32.9 Å². The average molecular weight is 335 g/mol. The number of rotatable bonds is 6. The van der Waals surface area contributed by atoms with Crippen LogP contribution in [-0.4, -0.2) is 46.1 Å². The van der Waals surface area contributed by atoms with Crippen molar-refractivity contribution in [1.29, 1.82) is 0 Å². The number of hydrogen-bond acceptors (Lipinski definition) is 5. The minimum absolute atomic E-state index is 0.733. The summed E-state index contributed by atoms with van der Waals surface area (Å²) in [6.07, 6.45) is 1.93. The highest BCUT2D eigenvalue weighted by Crippen LogP contribution is 2.14. The number of benzene rings is 1. The van der Waals surface area contributed by atoms with Gasteiger partial charge in [-0.1, -0.05) is 35.8 Å². The van der Waals surface area contributed by atoms with Crippen molar-refractivity contribution in [1.82, 2.24) is 19.9 Å². The number of piperazine rings is 1. The maximum atomic E-state index is 6.05. The summed E-state index contributed by atoms with van der Waals surface area (Å²) in [5.41, 5.74) is 1.27. The van der Waals surface area contributed by atoms with Crippen molar-refractivity contribution in [2.45, 2.75) is 32.9 Å². The largest absolute Gasteiger partial charge is 0.338 e.